The van der Waals surface area contributed by atoms with Gasteiger partial charge in [-0.15, -0.1) is 0 Å². The Hall–Kier alpha value is 0.438. The van der Waals surface area contributed by atoms with Crippen molar-refractivity contribution in [3.05, 3.63) is 0 Å². The third-order valence-electron chi connectivity index (χ3n) is 1.65. The molecule has 0 aromatic carbocycles. The zero-order valence-corrected chi connectivity index (χ0v) is 8.90. The summed E-state index contributed by atoms with van der Waals surface area (Å²) in [4.78, 5) is 2.26. The van der Waals surface area contributed by atoms with Crippen LogP contribution in [0.25, 0.3) is 0 Å². The predicted octanol–water partition coefficient (Wildman–Crippen LogP) is -1.13. The minimum absolute atomic E-state index is 1.03. The van der Waals surface area contributed by atoms with E-state index in [2.05, 4.69) is 10.2 Å². The van der Waals surface area contributed by atoms with Crippen LogP contribution in [0.1, 0.15) is 6.42 Å². The van der Waals surface area contributed by atoms with Gasteiger partial charge in [0.15, 0.2) is 0 Å². The van der Waals surface area contributed by atoms with E-state index in [1.165, 1.54) is 25.8 Å². The van der Waals surface area contributed by atoms with Crippen LogP contribution in [0.15, 0.2) is 0 Å². The van der Waals surface area contributed by atoms with E-state index in [-0.39, 0.29) is 0 Å². The second kappa shape index (κ2) is 4.34. The molecule has 0 aromatic heterocycles. The van der Waals surface area contributed by atoms with Crippen molar-refractivity contribution in [3.63, 3.8) is 0 Å². The topological polar surface area (TPSA) is 41.3 Å². The van der Waals surface area contributed by atoms with Gasteiger partial charge < -0.3 is 0 Å². The zero-order valence-electron chi connectivity index (χ0n) is 5.97. The van der Waals surface area contributed by atoms with Crippen molar-refractivity contribution in [3.8, 4) is 0 Å². The molecule has 0 saturated carbocycles. The Bertz CT molecular complexity index is 118. The Morgan fingerprint density at radius 2 is 2.20 bits per heavy atom. The molecule has 0 radical (unpaired) electrons. The average Bonchev–Trinajstić information content (AvgIpc) is 2.12. The number of hydrogen-bond acceptors (Lipinski definition) is 3. The third-order valence-corrected chi connectivity index (χ3v) is 2.58. The van der Waals surface area contributed by atoms with Crippen molar-refractivity contribution in [2.24, 2.45) is 5.73 Å². The Morgan fingerprint density at radius 3 is 2.90 bits per heavy atom. The summed E-state index contributed by atoms with van der Waals surface area (Å²) in [7, 11) is 0. The van der Waals surface area contributed by atoms with Crippen LogP contribution in [0.3, 0.4) is 0 Å². The second-order valence-corrected chi connectivity index (χ2v) is 3.93. The number of hydrogen-bond donors (Lipinski definition) is 2. The Kier molecular flexibility index (Phi) is 3.71. The molecule has 0 bridgehead atoms. The first-order valence-electron chi connectivity index (χ1n) is 3.56. The van der Waals surface area contributed by atoms with Gasteiger partial charge in [0.25, 0.3) is 0 Å². The maximum atomic E-state index is 5.69. The standard InChI is InChI=1S/C6H13N3.W/c7-6-9-4-1-2-8-3-5-9;/h8H,1-5,7H2;. The Morgan fingerprint density at radius 1 is 1.40 bits per heavy atom. The van der Waals surface area contributed by atoms with Gasteiger partial charge in [-0.25, -0.2) is 0 Å². The molecule has 58 valence electrons. The zero-order chi connectivity index (χ0) is 7.40. The first-order valence-corrected chi connectivity index (χ1v) is 5.02. The molecule has 1 aliphatic heterocycles. The van der Waals surface area contributed by atoms with Crippen molar-refractivity contribution in [1.82, 2.24) is 10.2 Å². The fraction of sp³-hybridized carbons (Fsp3) is 0.833. The van der Waals surface area contributed by atoms with Crippen LogP contribution < -0.4 is 11.1 Å². The summed E-state index contributed by atoms with van der Waals surface area (Å²) >= 11 is 1.39. The third kappa shape index (κ3) is 2.59. The molecule has 1 fully saturated rings. The number of rotatable bonds is 1. The van der Waals surface area contributed by atoms with Crippen LogP contribution in [0.2, 0.25) is 0 Å². The number of nitrogens with zero attached hydrogens (tertiary/aromatic N) is 1. The molecule has 4 heteroatoms. The predicted molar refractivity (Wildman–Crippen MR) is 38.3 cm³/mol. The number of nitrogens with one attached hydrogen (secondary N) is 1. The molecule has 0 amide bonds. The van der Waals surface area contributed by atoms with E-state index in [4.69, 9.17) is 5.73 Å². The first kappa shape index (κ1) is 8.53. The average molecular weight is 311 g/mol. The summed E-state index contributed by atoms with van der Waals surface area (Å²) in [5, 5.41) is 3.33. The van der Waals surface area contributed by atoms with Crippen molar-refractivity contribution >= 4 is 4.15 Å². The molecule has 1 saturated heterocycles. The van der Waals surface area contributed by atoms with Gasteiger partial charge in [0.05, 0.1) is 0 Å². The number of nitrogens with two attached hydrogens (primary N) is 1. The molecule has 0 aromatic rings. The van der Waals surface area contributed by atoms with Crippen molar-refractivity contribution in [2.75, 3.05) is 26.2 Å². The summed E-state index contributed by atoms with van der Waals surface area (Å²) in [6.07, 6.45) is 1.22. The van der Waals surface area contributed by atoms with E-state index >= 15 is 0 Å². The quantitative estimate of drug-likeness (QED) is 0.644. The molecule has 1 heterocycles. The normalized spacial score (nSPS) is 22.1. The molecule has 0 aliphatic carbocycles. The van der Waals surface area contributed by atoms with Crippen LogP contribution in [-0.4, -0.2) is 35.2 Å². The summed E-state index contributed by atoms with van der Waals surface area (Å²) in [6.45, 7) is 4.42. The van der Waals surface area contributed by atoms with E-state index in [0.29, 0.717) is 0 Å². The summed E-state index contributed by atoms with van der Waals surface area (Å²) < 4.78 is 1.03. The molecule has 10 heavy (non-hydrogen) atoms. The molecule has 0 spiro atoms. The molecule has 0 unspecified atom stereocenters. The van der Waals surface area contributed by atoms with Crippen molar-refractivity contribution in [1.29, 1.82) is 0 Å². The molecule has 3 N–H and O–H groups in total. The molecule has 1 rings (SSSR count). The van der Waals surface area contributed by atoms with Gasteiger partial charge in [0.2, 0.25) is 0 Å². The fourth-order valence-corrected chi connectivity index (χ4v) is 1.72. The monoisotopic (exact) mass is 311 g/mol. The van der Waals surface area contributed by atoms with Crippen LogP contribution >= 0.6 is 0 Å². The van der Waals surface area contributed by atoms with Crippen LogP contribution in [0.5, 0.6) is 0 Å². The van der Waals surface area contributed by atoms with Crippen LogP contribution in [0.4, 0.5) is 0 Å². The molecular formula is C6H13N3W. The maximum absolute atomic E-state index is 5.69. The van der Waals surface area contributed by atoms with E-state index < -0.39 is 0 Å². The van der Waals surface area contributed by atoms with Crippen LogP contribution in [0, 0.1) is 0 Å². The summed E-state index contributed by atoms with van der Waals surface area (Å²) in [5.41, 5.74) is 5.69. The summed E-state index contributed by atoms with van der Waals surface area (Å²) in [5.74, 6) is 0. The molecule has 1 aliphatic rings. The van der Waals surface area contributed by atoms with Gasteiger partial charge >= 0.3 is 72.0 Å². The van der Waals surface area contributed by atoms with Crippen LogP contribution in [-0.2, 0) is 19.4 Å². The Labute approximate surface area is 72.4 Å². The van der Waals surface area contributed by atoms with E-state index in [1.54, 1.807) is 0 Å². The van der Waals surface area contributed by atoms with Crippen molar-refractivity contribution in [2.45, 2.75) is 6.42 Å². The second-order valence-electron chi connectivity index (χ2n) is 2.43. The molecule has 0 atom stereocenters. The van der Waals surface area contributed by atoms with E-state index in [0.717, 1.165) is 30.3 Å². The molecule has 3 nitrogen and oxygen atoms in total. The summed E-state index contributed by atoms with van der Waals surface area (Å²) in [6, 6.07) is 0. The fourth-order valence-electron chi connectivity index (χ4n) is 1.07. The first-order chi connectivity index (χ1) is 4.80. The Balaban J connectivity index is 2.35. The van der Waals surface area contributed by atoms with Gasteiger partial charge in [0, 0.05) is 0 Å². The van der Waals surface area contributed by atoms with Crippen molar-refractivity contribution < 1.29 is 19.4 Å². The van der Waals surface area contributed by atoms with Gasteiger partial charge in [-0.3, -0.25) is 0 Å². The minimum atomic E-state index is 1.03. The van der Waals surface area contributed by atoms with E-state index in [9.17, 15) is 0 Å². The van der Waals surface area contributed by atoms with Gasteiger partial charge in [-0.1, -0.05) is 0 Å². The van der Waals surface area contributed by atoms with Gasteiger partial charge in [-0.05, 0) is 0 Å². The van der Waals surface area contributed by atoms with Gasteiger partial charge in [0.1, 0.15) is 0 Å². The SMILES string of the molecule is N[C](=[W])N1CCCNCC1. The van der Waals surface area contributed by atoms with E-state index in [1.807, 2.05) is 0 Å². The molecular weight excluding hydrogens is 298 g/mol. The van der Waals surface area contributed by atoms with Gasteiger partial charge in [-0.2, -0.15) is 0 Å².